The molecule has 0 unspecified atom stereocenters. The van der Waals surface area contributed by atoms with Crippen LogP contribution in [0.2, 0.25) is 0 Å². The second-order valence-corrected chi connectivity index (χ2v) is 4.87. The molecule has 1 rings (SSSR count). The van der Waals surface area contributed by atoms with Crippen molar-refractivity contribution in [2.45, 2.75) is 0 Å². The Morgan fingerprint density at radius 1 is 0.833 bits per heavy atom. The van der Waals surface area contributed by atoms with Gasteiger partial charge in [0, 0.05) is 11.1 Å². The molecule has 4 heteroatoms. The molecule has 0 aliphatic heterocycles. The Bertz CT molecular complexity index is 398. The van der Waals surface area contributed by atoms with Gasteiger partial charge < -0.3 is 9.80 Å². The van der Waals surface area contributed by atoms with E-state index in [2.05, 4.69) is 0 Å². The number of benzene rings is 1. The molecule has 98 valence electrons. The van der Waals surface area contributed by atoms with Crippen LogP contribution in [0.25, 0.3) is 0 Å². The van der Waals surface area contributed by atoms with E-state index in [4.69, 9.17) is 0 Å². The SMILES string of the molecule is CN(C)CC(=O)c1ccccc1C(=O)CN(C)C. The summed E-state index contributed by atoms with van der Waals surface area (Å²) in [6.45, 7) is 0.624. The van der Waals surface area contributed by atoms with Crippen LogP contribution in [0.5, 0.6) is 0 Å². The number of hydrogen-bond acceptors (Lipinski definition) is 4. The average molecular weight is 248 g/mol. The summed E-state index contributed by atoms with van der Waals surface area (Å²) in [5.41, 5.74) is 1.02. The maximum Gasteiger partial charge on any atom is 0.177 e. The Morgan fingerprint density at radius 3 is 1.44 bits per heavy atom. The van der Waals surface area contributed by atoms with Crippen molar-refractivity contribution in [1.82, 2.24) is 9.80 Å². The van der Waals surface area contributed by atoms with Crippen molar-refractivity contribution >= 4 is 11.6 Å². The summed E-state index contributed by atoms with van der Waals surface area (Å²) < 4.78 is 0. The minimum Gasteiger partial charge on any atom is -0.302 e. The predicted octanol–water partition coefficient (Wildman–Crippen LogP) is 1.18. The van der Waals surface area contributed by atoms with E-state index in [-0.39, 0.29) is 11.6 Å². The van der Waals surface area contributed by atoms with E-state index in [1.165, 1.54) is 0 Å². The summed E-state index contributed by atoms with van der Waals surface area (Å²) in [4.78, 5) is 27.7. The van der Waals surface area contributed by atoms with Crippen molar-refractivity contribution in [2.24, 2.45) is 0 Å². The van der Waals surface area contributed by atoms with Gasteiger partial charge in [0.2, 0.25) is 0 Å². The normalized spacial score (nSPS) is 11.0. The van der Waals surface area contributed by atoms with E-state index in [9.17, 15) is 9.59 Å². The highest BCUT2D eigenvalue weighted by molar-refractivity contribution is 6.10. The van der Waals surface area contributed by atoms with Crippen LogP contribution in [0.3, 0.4) is 0 Å². The Labute approximate surface area is 108 Å². The third-order valence-corrected chi connectivity index (χ3v) is 2.45. The molecule has 0 heterocycles. The molecule has 0 aliphatic rings. The number of carbonyl (C=O) groups excluding carboxylic acids is 2. The number of rotatable bonds is 6. The molecular weight excluding hydrogens is 228 g/mol. The summed E-state index contributed by atoms with van der Waals surface area (Å²) in [5.74, 6) is -0.0505. The second kappa shape index (κ2) is 6.42. The molecule has 0 aliphatic carbocycles. The van der Waals surface area contributed by atoms with Gasteiger partial charge >= 0.3 is 0 Å². The van der Waals surface area contributed by atoms with Gasteiger partial charge in [0.25, 0.3) is 0 Å². The maximum atomic E-state index is 12.1. The zero-order valence-corrected chi connectivity index (χ0v) is 11.4. The minimum absolute atomic E-state index is 0.0253. The van der Waals surface area contributed by atoms with E-state index in [1.54, 1.807) is 34.1 Å². The highest BCUT2D eigenvalue weighted by atomic mass is 16.1. The molecule has 0 fully saturated rings. The Morgan fingerprint density at radius 2 is 1.17 bits per heavy atom. The third-order valence-electron chi connectivity index (χ3n) is 2.45. The first-order valence-electron chi connectivity index (χ1n) is 5.86. The van der Waals surface area contributed by atoms with Crippen molar-refractivity contribution in [3.8, 4) is 0 Å². The van der Waals surface area contributed by atoms with Gasteiger partial charge in [-0.05, 0) is 28.2 Å². The van der Waals surface area contributed by atoms with Gasteiger partial charge in [0.1, 0.15) is 0 Å². The van der Waals surface area contributed by atoms with Gasteiger partial charge in [-0.2, -0.15) is 0 Å². The number of nitrogens with zero attached hydrogens (tertiary/aromatic N) is 2. The van der Waals surface area contributed by atoms with E-state index in [1.807, 2.05) is 28.2 Å². The van der Waals surface area contributed by atoms with Crippen LogP contribution in [-0.4, -0.2) is 62.6 Å². The zero-order valence-electron chi connectivity index (χ0n) is 11.4. The Balaban J connectivity index is 2.99. The lowest BCUT2D eigenvalue weighted by Crippen LogP contribution is -2.26. The lowest BCUT2D eigenvalue weighted by atomic mass is 9.99. The monoisotopic (exact) mass is 248 g/mol. The van der Waals surface area contributed by atoms with E-state index < -0.39 is 0 Å². The lowest BCUT2D eigenvalue weighted by molar-refractivity contribution is 0.0924. The Hall–Kier alpha value is -1.52. The first-order chi connectivity index (χ1) is 8.41. The summed E-state index contributed by atoms with van der Waals surface area (Å²) in [6.07, 6.45) is 0. The average Bonchev–Trinajstić information content (AvgIpc) is 2.27. The highest BCUT2D eigenvalue weighted by Crippen LogP contribution is 2.11. The largest absolute Gasteiger partial charge is 0.302 e. The van der Waals surface area contributed by atoms with Crippen LogP contribution in [-0.2, 0) is 0 Å². The fourth-order valence-electron chi connectivity index (χ4n) is 1.71. The van der Waals surface area contributed by atoms with Crippen LogP contribution in [0.15, 0.2) is 24.3 Å². The van der Waals surface area contributed by atoms with Crippen molar-refractivity contribution in [3.63, 3.8) is 0 Å². The predicted molar refractivity (Wildman–Crippen MR) is 72.2 cm³/mol. The standard InChI is InChI=1S/C14H20N2O2/c1-15(2)9-13(17)11-7-5-6-8-12(11)14(18)10-16(3)4/h5-8H,9-10H2,1-4H3. The van der Waals surface area contributed by atoms with Gasteiger partial charge in [-0.15, -0.1) is 0 Å². The van der Waals surface area contributed by atoms with Gasteiger partial charge in [0.15, 0.2) is 11.6 Å². The summed E-state index contributed by atoms with van der Waals surface area (Å²) in [7, 11) is 7.34. The van der Waals surface area contributed by atoms with Crippen LogP contribution in [0.1, 0.15) is 20.7 Å². The highest BCUT2D eigenvalue weighted by Gasteiger charge is 2.17. The minimum atomic E-state index is -0.0253. The molecule has 0 spiro atoms. The Kier molecular flexibility index (Phi) is 5.19. The molecule has 0 saturated carbocycles. The molecule has 0 saturated heterocycles. The van der Waals surface area contributed by atoms with Gasteiger partial charge in [-0.25, -0.2) is 0 Å². The fourth-order valence-corrected chi connectivity index (χ4v) is 1.71. The molecule has 4 nitrogen and oxygen atoms in total. The van der Waals surface area contributed by atoms with Crippen LogP contribution in [0.4, 0.5) is 0 Å². The number of Topliss-reactive ketones (excluding diaryl/α,β-unsaturated/α-hetero) is 2. The molecule has 0 atom stereocenters. The van der Waals surface area contributed by atoms with E-state index in [0.717, 1.165) is 0 Å². The molecular formula is C14H20N2O2. The first kappa shape index (κ1) is 14.5. The molecule has 0 radical (unpaired) electrons. The molecule has 0 bridgehead atoms. The summed E-state index contributed by atoms with van der Waals surface area (Å²) >= 11 is 0. The van der Waals surface area contributed by atoms with Crippen LogP contribution >= 0.6 is 0 Å². The van der Waals surface area contributed by atoms with Crippen molar-refractivity contribution in [2.75, 3.05) is 41.3 Å². The molecule has 0 N–H and O–H groups in total. The van der Waals surface area contributed by atoms with E-state index >= 15 is 0 Å². The third kappa shape index (κ3) is 4.05. The fraction of sp³-hybridized carbons (Fsp3) is 0.429. The smallest absolute Gasteiger partial charge is 0.177 e. The summed E-state index contributed by atoms with van der Waals surface area (Å²) in [6, 6.07) is 7.01. The van der Waals surface area contributed by atoms with Crippen molar-refractivity contribution < 1.29 is 9.59 Å². The van der Waals surface area contributed by atoms with Crippen LogP contribution in [0, 0.1) is 0 Å². The number of ketones is 2. The van der Waals surface area contributed by atoms with E-state index in [0.29, 0.717) is 24.2 Å². The zero-order chi connectivity index (χ0) is 13.7. The number of carbonyl (C=O) groups is 2. The molecule has 0 aromatic heterocycles. The van der Waals surface area contributed by atoms with Gasteiger partial charge in [-0.1, -0.05) is 24.3 Å². The van der Waals surface area contributed by atoms with Crippen molar-refractivity contribution in [3.05, 3.63) is 35.4 Å². The number of hydrogen-bond donors (Lipinski definition) is 0. The van der Waals surface area contributed by atoms with Gasteiger partial charge in [0.05, 0.1) is 13.1 Å². The molecule has 1 aromatic rings. The second-order valence-electron chi connectivity index (χ2n) is 4.87. The van der Waals surface area contributed by atoms with Gasteiger partial charge in [-0.3, -0.25) is 9.59 Å². The number of likely N-dealkylation sites (N-methyl/N-ethyl adjacent to an activating group) is 2. The first-order valence-corrected chi connectivity index (χ1v) is 5.86. The van der Waals surface area contributed by atoms with Crippen molar-refractivity contribution in [1.29, 1.82) is 0 Å². The maximum absolute atomic E-state index is 12.1. The quantitative estimate of drug-likeness (QED) is 0.709. The molecule has 0 amide bonds. The lowest BCUT2D eigenvalue weighted by Gasteiger charge is -2.13. The molecule has 1 aromatic carbocycles. The topological polar surface area (TPSA) is 40.6 Å². The van der Waals surface area contributed by atoms with Crippen LogP contribution < -0.4 is 0 Å². The molecule has 18 heavy (non-hydrogen) atoms. The summed E-state index contributed by atoms with van der Waals surface area (Å²) in [5, 5.41) is 0.